The number of hydrogen-bond donors (Lipinski definition) is 1. The van der Waals surface area contributed by atoms with Gasteiger partial charge in [0.05, 0.1) is 11.6 Å². The first-order valence-corrected chi connectivity index (χ1v) is 11.5. The summed E-state index contributed by atoms with van der Waals surface area (Å²) >= 11 is 5.72. The van der Waals surface area contributed by atoms with Crippen LogP contribution in [0, 0.1) is 11.8 Å². The van der Waals surface area contributed by atoms with Gasteiger partial charge < -0.3 is 10.2 Å². The highest BCUT2D eigenvalue weighted by atomic mass is 32.1. The Balaban J connectivity index is 1.36. The van der Waals surface area contributed by atoms with E-state index in [1.54, 1.807) is 6.07 Å². The molecule has 3 aliphatic heterocycles. The molecule has 7 heteroatoms. The minimum absolute atomic E-state index is 0.281. The van der Waals surface area contributed by atoms with Gasteiger partial charge in [-0.1, -0.05) is 24.1 Å². The van der Waals surface area contributed by atoms with E-state index in [2.05, 4.69) is 21.2 Å². The molecule has 3 fully saturated rings. The van der Waals surface area contributed by atoms with Gasteiger partial charge in [0.25, 0.3) is 0 Å². The molecular weight excluding hydrogens is 407 g/mol. The molecule has 0 saturated carbocycles. The maximum atomic E-state index is 13.1. The quantitative estimate of drug-likeness (QED) is 0.477. The van der Waals surface area contributed by atoms with Gasteiger partial charge in [-0.05, 0) is 80.9 Å². The van der Waals surface area contributed by atoms with E-state index in [-0.39, 0.29) is 6.04 Å². The molecule has 1 aliphatic carbocycles. The van der Waals surface area contributed by atoms with Crippen molar-refractivity contribution in [2.45, 2.75) is 56.8 Å². The molecule has 5 rings (SSSR count). The van der Waals surface area contributed by atoms with Gasteiger partial charge in [0.15, 0.2) is 5.11 Å². The smallest absolute Gasteiger partial charge is 0.342 e. The molecule has 30 heavy (non-hydrogen) atoms. The molecule has 0 spiro atoms. The van der Waals surface area contributed by atoms with E-state index in [4.69, 9.17) is 12.2 Å². The number of thiocarbonyl (C=S) groups is 1. The Kier molecular flexibility index (Phi) is 5.30. The lowest BCUT2D eigenvalue weighted by molar-refractivity contribution is -0.137. The first-order chi connectivity index (χ1) is 14.4. The van der Waals surface area contributed by atoms with E-state index in [0.29, 0.717) is 28.7 Å². The molecule has 1 N–H and O–H groups in total. The van der Waals surface area contributed by atoms with E-state index in [1.165, 1.54) is 43.9 Å². The predicted molar refractivity (Wildman–Crippen MR) is 116 cm³/mol. The molecule has 3 heterocycles. The van der Waals surface area contributed by atoms with Crippen molar-refractivity contribution in [3.63, 3.8) is 0 Å². The number of nitrogens with zero attached hydrogens (tertiary/aromatic N) is 2. The van der Waals surface area contributed by atoms with Crippen LogP contribution in [0.2, 0.25) is 0 Å². The van der Waals surface area contributed by atoms with E-state index in [0.717, 1.165) is 38.1 Å². The van der Waals surface area contributed by atoms with E-state index in [9.17, 15) is 13.2 Å². The van der Waals surface area contributed by atoms with Crippen LogP contribution >= 0.6 is 12.2 Å². The molecule has 0 radical (unpaired) electrons. The van der Waals surface area contributed by atoms with E-state index >= 15 is 0 Å². The number of likely N-dealkylation sites (tertiary alicyclic amines) is 1. The molecule has 1 aromatic rings. The highest BCUT2D eigenvalue weighted by Gasteiger charge is 2.46. The van der Waals surface area contributed by atoms with Crippen molar-refractivity contribution in [3.05, 3.63) is 41.5 Å². The Labute approximate surface area is 181 Å². The molecule has 3 saturated heterocycles. The van der Waals surface area contributed by atoms with Crippen molar-refractivity contribution in [1.29, 1.82) is 0 Å². The SMILES string of the molecule is FC(F)(F)c1cccc(NC(=S)N2CCCC3=C[C@@H]4C[C@@H](CN5CCCC[C@H]45)[C@@H]32)c1. The highest BCUT2D eigenvalue weighted by Crippen LogP contribution is 2.45. The average molecular weight is 436 g/mol. The monoisotopic (exact) mass is 435 g/mol. The van der Waals surface area contributed by atoms with E-state index in [1.807, 2.05) is 0 Å². The van der Waals surface area contributed by atoms with Gasteiger partial charge in [0.2, 0.25) is 0 Å². The summed E-state index contributed by atoms with van der Waals surface area (Å²) in [6.45, 7) is 3.17. The highest BCUT2D eigenvalue weighted by molar-refractivity contribution is 7.80. The molecule has 4 atom stereocenters. The third-order valence-corrected chi connectivity index (χ3v) is 7.70. The summed E-state index contributed by atoms with van der Waals surface area (Å²) < 4.78 is 39.2. The molecule has 3 nitrogen and oxygen atoms in total. The van der Waals surface area contributed by atoms with Crippen LogP contribution in [0.4, 0.5) is 18.9 Å². The number of fused-ring (bicyclic) bond motifs is 6. The molecule has 1 aromatic carbocycles. The zero-order valence-electron chi connectivity index (χ0n) is 17.0. The first-order valence-electron chi connectivity index (χ1n) is 11.1. The number of anilines is 1. The van der Waals surface area contributed by atoms with Gasteiger partial charge in [-0.2, -0.15) is 13.2 Å². The van der Waals surface area contributed by atoms with Crippen molar-refractivity contribution in [3.8, 4) is 0 Å². The molecule has 0 aromatic heterocycles. The zero-order valence-corrected chi connectivity index (χ0v) is 17.8. The van der Waals surface area contributed by atoms with Crippen LogP contribution in [-0.2, 0) is 6.18 Å². The number of alkyl halides is 3. The van der Waals surface area contributed by atoms with Crippen molar-refractivity contribution in [1.82, 2.24) is 9.80 Å². The summed E-state index contributed by atoms with van der Waals surface area (Å²) in [6.07, 6.45) is 5.48. The Morgan fingerprint density at radius 2 is 2.00 bits per heavy atom. The van der Waals surface area contributed by atoms with Gasteiger partial charge >= 0.3 is 6.18 Å². The number of hydrogen-bond acceptors (Lipinski definition) is 2. The molecule has 4 aliphatic rings. The number of piperidine rings is 3. The van der Waals surface area contributed by atoms with E-state index < -0.39 is 11.7 Å². The molecule has 0 unspecified atom stereocenters. The maximum Gasteiger partial charge on any atom is 0.416 e. The summed E-state index contributed by atoms with van der Waals surface area (Å²) in [4.78, 5) is 4.93. The average Bonchev–Trinajstić information content (AvgIpc) is 2.73. The zero-order chi connectivity index (χ0) is 20.9. The predicted octanol–water partition coefficient (Wildman–Crippen LogP) is 5.30. The lowest BCUT2D eigenvalue weighted by Crippen LogP contribution is -2.60. The van der Waals surface area contributed by atoms with Crippen molar-refractivity contribution in [2.75, 3.05) is 25.0 Å². The second-order valence-corrected chi connectivity index (χ2v) is 9.60. The third kappa shape index (κ3) is 3.75. The van der Waals surface area contributed by atoms with Gasteiger partial charge in [-0.15, -0.1) is 0 Å². The summed E-state index contributed by atoms with van der Waals surface area (Å²) in [5.74, 6) is 1.20. The fourth-order valence-electron chi connectivity index (χ4n) is 6.17. The summed E-state index contributed by atoms with van der Waals surface area (Å²) in [5.41, 5.74) is 1.25. The summed E-state index contributed by atoms with van der Waals surface area (Å²) in [6, 6.07) is 6.30. The minimum atomic E-state index is -4.36. The summed E-state index contributed by atoms with van der Waals surface area (Å²) in [7, 11) is 0. The van der Waals surface area contributed by atoms with Crippen molar-refractivity contribution < 1.29 is 13.2 Å². The number of rotatable bonds is 1. The maximum absolute atomic E-state index is 13.1. The van der Waals surface area contributed by atoms with Crippen LogP contribution in [-0.4, -0.2) is 46.6 Å². The van der Waals surface area contributed by atoms with Crippen LogP contribution < -0.4 is 5.32 Å². The Bertz CT molecular complexity index is 852. The lowest BCUT2D eigenvalue weighted by Gasteiger charge is -2.55. The van der Waals surface area contributed by atoms with Crippen LogP contribution in [0.3, 0.4) is 0 Å². The minimum Gasteiger partial charge on any atom is -0.342 e. The number of nitrogens with one attached hydrogen (secondary N) is 1. The standard InChI is InChI=1S/C23H28F3N3S/c24-23(25,26)18-6-3-7-19(13-18)27-22(30)29-10-4-5-15-11-16-12-17(21(15)29)14-28-9-2-1-8-20(16)28/h3,6-7,11,13,16-17,20-21H,1-2,4-5,8-10,12,14H2,(H,27,30)/t16-,17+,20-,21-/m1/s1. The van der Waals surface area contributed by atoms with Gasteiger partial charge in [-0.25, -0.2) is 0 Å². The number of benzene rings is 1. The fraction of sp³-hybridized carbons (Fsp3) is 0.609. The van der Waals surface area contributed by atoms with Crippen LogP contribution in [0.1, 0.15) is 44.1 Å². The lowest BCUT2D eigenvalue weighted by atomic mass is 9.68. The van der Waals surface area contributed by atoms with Crippen molar-refractivity contribution in [2.24, 2.45) is 11.8 Å². The molecule has 0 amide bonds. The molecule has 2 bridgehead atoms. The van der Waals surface area contributed by atoms with Gasteiger partial charge in [-0.3, -0.25) is 4.90 Å². The Morgan fingerprint density at radius 1 is 1.13 bits per heavy atom. The second kappa shape index (κ2) is 7.83. The molecule has 162 valence electrons. The number of halogens is 3. The van der Waals surface area contributed by atoms with Crippen molar-refractivity contribution >= 4 is 23.0 Å². The largest absolute Gasteiger partial charge is 0.416 e. The van der Waals surface area contributed by atoms with Crippen LogP contribution in [0.5, 0.6) is 0 Å². The topological polar surface area (TPSA) is 18.5 Å². The third-order valence-electron chi connectivity index (χ3n) is 7.36. The Hall–Kier alpha value is -1.60. The van der Waals surface area contributed by atoms with Crippen LogP contribution in [0.25, 0.3) is 0 Å². The Morgan fingerprint density at radius 3 is 2.83 bits per heavy atom. The first kappa shape index (κ1) is 20.3. The normalized spacial score (nSPS) is 31.4. The molecular formula is C23H28F3N3S. The van der Waals surface area contributed by atoms with Crippen LogP contribution in [0.15, 0.2) is 35.9 Å². The summed E-state index contributed by atoms with van der Waals surface area (Å²) in [5, 5.41) is 3.65. The fourth-order valence-corrected chi connectivity index (χ4v) is 6.49. The second-order valence-electron chi connectivity index (χ2n) is 9.21. The van der Waals surface area contributed by atoms with Gasteiger partial charge in [0.1, 0.15) is 0 Å². The van der Waals surface area contributed by atoms with Gasteiger partial charge in [0, 0.05) is 24.8 Å².